The summed E-state index contributed by atoms with van der Waals surface area (Å²) in [5, 5.41) is 6.42. The zero-order valence-corrected chi connectivity index (χ0v) is 12.3. The van der Waals surface area contributed by atoms with Crippen LogP contribution >= 0.6 is 0 Å². The van der Waals surface area contributed by atoms with E-state index in [1.807, 2.05) is 0 Å². The van der Waals surface area contributed by atoms with Gasteiger partial charge in [-0.1, -0.05) is 62.2 Å². The molecule has 0 spiro atoms. The molecule has 2 aromatic rings. The van der Waals surface area contributed by atoms with Crippen molar-refractivity contribution < 1.29 is 0 Å². The minimum absolute atomic E-state index is 0.401. The zero-order chi connectivity index (χ0) is 13.7. The van der Waals surface area contributed by atoms with Crippen molar-refractivity contribution in [2.75, 3.05) is 0 Å². The molecule has 2 atom stereocenters. The quantitative estimate of drug-likeness (QED) is 0.760. The molecule has 2 unspecified atom stereocenters. The van der Waals surface area contributed by atoms with Gasteiger partial charge in [-0.3, -0.25) is 0 Å². The van der Waals surface area contributed by atoms with E-state index >= 15 is 0 Å². The van der Waals surface area contributed by atoms with Gasteiger partial charge in [0.2, 0.25) is 0 Å². The van der Waals surface area contributed by atoms with E-state index in [-0.39, 0.29) is 0 Å². The molecule has 2 aromatic carbocycles. The second-order valence-electron chi connectivity index (χ2n) is 5.50. The van der Waals surface area contributed by atoms with Crippen LogP contribution in [0.25, 0.3) is 10.8 Å². The molecule has 0 fully saturated rings. The van der Waals surface area contributed by atoms with Crippen molar-refractivity contribution in [1.29, 1.82) is 0 Å². The van der Waals surface area contributed by atoms with E-state index in [4.69, 9.17) is 0 Å². The molecule has 102 valence electrons. The standard InChI is InChI=1S/C18H25N/c1-4-5-9-14(2)19-15(3)17-13-8-11-16-10-6-7-12-18(16)17/h6-8,10-15,19H,4-5,9H2,1-3H3. The summed E-state index contributed by atoms with van der Waals surface area (Å²) in [5.74, 6) is 0. The van der Waals surface area contributed by atoms with Crippen LogP contribution in [-0.2, 0) is 0 Å². The Balaban J connectivity index is 2.15. The van der Waals surface area contributed by atoms with Gasteiger partial charge in [-0.15, -0.1) is 0 Å². The van der Waals surface area contributed by atoms with Crippen molar-refractivity contribution in [1.82, 2.24) is 5.32 Å². The van der Waals surface area contributed by atoms with Gasteiger partial charge in [-0.05, 0) is 36.6 Å². The minimum atomic E-state index is 0.401. The molecule has 0 heterocycles. The number of unbranched alkanes of at least 4 members (excludes halogenated alkanes) is 1. The molecule has 0 bridgehead atoms. The number of hydrogen-bond donors (Lipinski definition) is 1. The second-order valence-corrected chi connectivity index (χ2v) is 5.50. The number of rotatable bonds is 6. The largest absolute Gasteiger partial charge is 0.308 e. The molecule has 0 aromatic heterocycles. The monoisotopic (exact) mass is 255 g/mol. The third kappa shape index (κ3) is 3.57. The van der Waals surface area contributed by atoms with Gasteiger partial charge in [0.1, 0.15) is 0 Å². The molecule has 0 aliphatic heterocycles. The van der Waals surface area contributed by atoms with Gasteiger partial charge in [0.25, 0.3) is 0 Å². The van der Waals surface area contributed by atoms with Gasteiger partial charge in [-0.2, -0.15) is 0 Å². The number of benzene rings is 2. The van der Waals surface area contributed by atoms with Gasteiger partial charge in [0.05, 0.1) is 0 Å². The average Bonchev–Trinajstić information content (AvgIpc) is 2.44. The molecule has 2 rings (SSSR count). The third-order valence-corrected chi connectivity index (χ3v) is 3.82. The Morgan fingerprint density at radius 2 is 1.74 bits per heavy atom. The molecule has 1 heteroatoms. The number of fused-ring (bicyclic) bond motifs is 1. The summed E-state index contributed by atoms with van der Waals surface area (Å²) >= 11 is 0. The van der Waals surface area contributed by atoms with Crippen molar-refractivity contribution in [3.63, 3.8) is 0 Å². The van der Waals surface area contributed by atoms with Crippen molar-refractivity contribution in [3.05, 3.63) is 48.0 Å². The van der Waals surface area contributed by atoms with Crippen molar-refractivity contribution >= 4 is 10.8 Å². The van der Waals surface area contributed by atoms with E-state index in [1.54, 1.807) is 0 Å². The Morgan fingerprint density at radius 1 is 1.00 bits per heavy atom. The van der Waals surface area contributed by atoms with Gasteiger partial charge >= 0.3 is 0 Å². The van der Waals surface area contributed by atoms with Crippen LogP contribution in [0.4, 0.5) is 0 Å². The molecule has 1 N–H and O–H groups in total. The second kappa shape index (κ2) is 6.72. The highest BCUT2D eigenvalue weighted by molar-refractivity contribution is 5.86. The highest BCUT2D eigenvalue weighted by Gasteiger charge is 2.11. The Morgan fingerprint density at radius 3 is 2.53 bits per heavy atom. The van der Waals surface area contributed by atoms with Crippen molar-refractivity contribution in [3.8, 4) is 0 Å². The first-order chi connectivity index (χ1) is 9.22. The molecule has 0 saturated carbocycles. The minimum Gasteiger partial charge on any atom is -0.308 e. The molecule has 0 aliphatic carbocycles. The lowest BCUT2D eigenvalue weighted by atomic mass is 9.99. The van der Waals surface area contributed by atoms with Crippen LogP contribution in [-0.4, -0.2) is 6.04 Å². The van der Waals surface area contributed by atoms with E-state index < -0.39 is 0 Å². The van der Waals surface area contributed by atoms with Crippen molar-refractivity contribution in [2.45, 2.75) is 52.1 Å². The molecule has 19 heavy (non-hydrogen) atoms. The Hall–Kier alpha value is -1.34. The summed E-state index contributed by atoms with van der Waals surface area (Å²) in [6.45, 7) is 6.81. The summed E-state index contributed by atoms with van der Waals surface area (Å²) in [6.07, 6.45) is 3.83. The Kier molecular flexibility index (Phi) is 4.98. The first kappa shape index (κ1) is 14.1. The molecule has 0 saturated heterocycles. The lowest BCUT2D eigenvalue weighted by molar-refractivity contribution is 0.446. The summed E-state index contributed by atoms with van der Waals surface area (Å²) in [6, 6.07) is 16.2. The van der Waals surface area contributed by atoms with Crippen LogP contribution in [0.5, 0.6) is 0 Å². The zero-order valence-electron chi connectivity index (χ0n) is 12.3. The van der Waals surface area contributed by atoms with Crippen LogP contribution in [0.15, 0.2) is 42.5 Å². The summed E-state index contributed by atoms with van der Waals surface area (Å²) in [5.41, 5.74) is 1.40. The molecule has 0 amide bonds. The fourth-order valence-corrected chi connectivity index (χ4v) is 2.74. The first-order valence-electron chi connectivity index (χ1n) is 7.46. The van der Waals surface area contributed by atoms with E-state index in [9.17, 15) is 0 Å². The van der Waals surface area contributed by atoms with Crippen LogP contribution in [0.3, 0.4) is 0 Å². The van der Waals surface area contributed by atoms with Gasteiger partial charge in [-0.25, -0.2) is 0 Å². The van der Waals surface area contributed by atoms with Crippen LogP contribution in [0.2, 0.25) is 0 Å². The fraction of sp³-hybridized carbons (Fsp3) is 0.444. The maximum absolute atomic E-state index is 3.72. The fourth-order valence-electron chi connectivity index (χ4n) is 2.74. The lowest BCUT2D eigenvalue weighted by Gasteiger charge is -2.21. The van der Waals surface area contributed by atoms with E-state index in [0.717, 1.165) is 0 Å². The third-order valence-electron chi connectivity index (χ3n) is 3.82. The molecule has 1 nitrogen and oxygen atoms in total. The normalized spacial score (nSPS) is 14.5. The average molecular weight is 255 g/mol. The van der Waals surface area contributed by atoms with E-state index in [2.05, 4.69) is 68.6 Å². The highest BCUT2D eigenvalue weighted by atomic mass is 14.9. The van der Waals surface area contributed by atoms with Crippen LogP contribution in [0.1, 0.15) is 51.6 Å². The summed E-state index contributed by atoms with van der Waals surface area (Å²) < 4.78 is 0. The smallest absolute Gasteiger partial charge is 0.0300 e. The van der Waals surface area contributed by atoms with E-state index in [1.165, 1.54) is 35.6 Å². The maximum Gasteiger partial charge on any atom is 0.0300 e. The summed E-state index contributed by atoms with van der Waals surface area (Å²) in [4.78, 5) is 0. The topological polar surface area (TPSA) is 12.0 Å². The maximum atomic E-state index is 3.72. The van der Waals surface area contributed by atoms with Crippen LogP contribution < -0.4 is 5.32 Å². The molecular formula is C18H25N. The Labute approximate surface area is 117 Å². The SMILES string of the molecule is CCCCC(C)NC(C)c1cccc2ccccc12. The lowest BCUT2D eigenvalue weighted by Crippen LogP contribution is -2.28. The van der Waals surface area contributed by atoms with Crippen molar-refractivity contribution in [2.24, 2.45) is 0 Å². The Bertz CT molecular complexity index is 513. The van der Waals surface area contributed by atoms with Gasteiger partial charge in [0, 0.05) is 12.1 Å². The predicted molar refractivity (Wildman–Crippen MR) is 84.5 cm³/mol. The van der Waals surface area contributed by atoms with E-state index in [0.29, 0.717) is 12.1 Å². The number of hydrogen-bond acceptors (Lipinski definition) is 1. The van der Waals surface area contributed by atoms with Gasteiger partial charge < -0.3 is 5.32 Å². The molecule has 0 radical (unpaired) electrons. The summed E-state index contributed by atoms with van der Waals surface area (Å²) in [7, 11) is 0. The highest BCUT2D eigenvalue weighted by Crippen LogP contribution is 2.24. The van der Waals surface area contributed by atoms with Crippen LogP contribution in [0, 0.1) is 0 Å². The number of nitrogens with one attached hydrogen (secondary N) is 1. The molecule has 0 aliphatic rings. The molecular weight excluding hydrogens is 230 g/mol. The van der Waals surface area contributed by atoms with Gasteiger partial charge in [0.15, 0.2) is 0 Å². The predicted octanol–water partition coefficient (Wildman–Crippen LogP) is 5.07. The first-order valence-corrected chi connectivity index (χ1v) is 7.46.